The lowest BCUT2D eigenvalue weighted by Gasteiger charge is -2.24. The molecule has 0 radical (unpaired) electrons. The summed E-state index contributed by atoms with van der Waals surface area (Å²) in [5.41, 5.74) is 0. The molecule has 0 rings (SSSR count). The molecule has 0 fully saturated rings. The molecule has 0 saturated carbocycles. The van der Waals surface area contributed by atoms with Gasteiger partial charge in [-0.3, -0.25) is 4.57 Å². The minimum atomic E-state index is -5.91. The zero-order chi connectivity index (χ0) is 13.0. The van der Waals surface area contributed by atoms with Gasteiger partial charge in [0.25, 0.3) is 0 Å². The normalized spacial score (nSPS) is 17.2. The molecule has 0 heterocycles. The summed E-state index contributed by atoms with van der Waals surface area (Å²) >= 11 is 0. The first kappa shape index (κ1) is 15.8. The van der Waals surface area contributed by atoms with E-state index in [-0.39, 0.29) is 6.61 Å². The van der Waals surface area contributed by atoms with Gasteiger partial charge in [-0.15, -0.1) is 0 Å². The van der Waals surface area contributed by atoms with Crippen molar-refractivity contribution in [1.29, 1.82) is 0 Å². The molecule has 0 aromatic rings. The van der Waals surface area contributed by atoms with E-state index in [0.717, 1.165) is 6.92 Å². The molecule has 9 heteroatoms. The molecule has 0 aliphatic heterocycles. The highest BCUT2D eigenvalue weighted by Gasteiger charge is 2.62. The van der Waals surface area contributed by atoms with Gasteiger partial charge < -0.3 is 4.52 Å². The van der Waals surface area contributed by atoms with Crippen molar-refractivity contribution in [2.75, 3.05) is 12.8 Å². The molecule has 0 aromatic carbocycles. The highest BCUT2D eigenvalue weighted by atomic mass is 31.2. The van der Waals surface area contributed by atoms with E-state index in [1.54, 1.807) is 6.92 Å². The second-order valence-corrected chi connectivity index (χ2v) is 5.16. The molecule has 0 saturated heterocycles. The lowest BCUT2D eigenvalue weighted by Crippen LogP contribution is -2.38. The zero-order valence-electron chi connectivity index (χ0n) is 8.68. The van der Waals surface area contributed by atoms with E-state index in [1.165, 1.54) is 0 Å². The van der Waals surface area contributed by atoms with E-state index in [9.17, 15) is 26.5 Å². The van der Waals surface area contributed by atoms with Gasteiger partial charge in [-0.1, -0.05) is 13.8 Å². The maximum Gasteiger partial charge on any atom is 0.483 e. The van der Waals surface area contributed by atoms with Crippen LogP contribution in [0.2, 0.25) is 0 Å². The van der Waals surface area contributed by atoms with Crippen LogP contribution in [0.25, 0.3) is 0 Å². The zero-order valence-corrected chi connectivity index (χ0v) is 9.58. The third-order valence-electron chi connectivity index (χ3n) is 1.46. The Labute approximate surface area is 89.4 Å². The van der Waals surface area contributed by atoms with Crippen LogP contribution in [0.15, 0.2) is 0 Å². The second-order valence-electron chi connectivity index (χ2n) is 2.87. The first-order valence-corrected chi connectivity index (χ1v) is 6.19. The van der Waals surface area contributed by atoms with Crippen molar-refractivity contribution in [2.45, 2.75) is 32.6 Å². The Bertz CT molecular complexity index is 265. The standard InChI is InChI=1S/C7H12F5O3P/c1-3-5-14-16(13,4-2)15-7(11,12)6(8,9)10/h3-5H2,1-2H3. The third-order valence-corrected chi connectivity index (χ3v) is 3.32. The monoisotopic (exact) mass is 270 g/mol. The van der Waals surface area contributed by atoms with E-state index in [1.807, 2.05) is 0 Å². The SMILES string of the molecule is CCCOP(=O)(CC)OC(F)(F)C(F)(F)F. The van der Waals surface area contributed by atoms with Crippen LogP contribution in [0.3, 0.4) is 0 Å². The van der Waals surface area contributed by atoms with Gasteiger partial charge in [0.15, 0.2) is 0 Å². The number of alkyl halides is 5. The average molecular weight is 270 g/mol. The summed E-state index contributed by atoms with van der Waals surface area (Å²) in [6.07, 6.45) is -11.6. The van der Waals surface area contributed by atoms with Gasteiger partial charge >= 0.3 is 19.9 Å². The quantitative estimate of drug-likeness (QED) is 0.544. The fourth-order valence-electron chi connectivity index (χ4n) is 0.639. The van der Waals surface area contributed by atoms with E-state index in [2.05, 4.69) is 9.05 Å². The van der Waals surface area contributed by atoms with Crippen LogP contribution in [-0.4, -0.2) is 25.1 Å². The molecule has 0 amide bonds. The van der Waals surface area contributed by atoms with Crippen LogP contribution < -0.4 is 0 Å². The Balaban J connectivity index is 4.71. The molecule has 16 heavy (non-hydrogen) atoms. The molecule has 3 nitrogen and oxygen atoms in total. The van der Waals surface area contributed by atoms with Crippen molar-refractivity contribution >= 4 is 7.60 Å². The van der Waals surface area contributed by atoms with E-state index >= 15 is 0 Å². The molecule has 1 atom stereocenters. The minimum Gasteiger partial charge on any atom is -0.308 e. The first-order chi connectivity index (χ1) is 7.08. The van der Waals surface area contributed by atoms with Crippen molar-refractivity contribution in [3.8, 4) is 0 Å². The minimum absolute atomic E-state index is 0.209. The molecular weight excluding hydrogens is 258 g/mol. The van der Waals surface area contributed by atoms with Crippen molar-refractivity contribution in [2.24, 2.45) is 0 Å². The largest absolute Gasteiger partial charge is 0.483 e. The van der Waals surface area contributed by atoms with E-state index in [4.69, 9.17) is 0 Å². The summed E-state index contributed by atoms with van der Waals surface area (Å²) in [5.74, 6) is 0. The number of hydrogen-bond donors (Lipinski definition) is 0. The van der Waals surface area contributed by atoms with Gasteiger partial charge in [0.05, 0.1) is 6.61 Å². The van der Waals surface area contributed by atoms with Crippen LogP contribution in [0.1, 0.15) is 20.3 Å². The summed E-state index contributed by atoms with van der Waals surface area (Å²) in [6, 6.07) is 0. The lowest BCUT2D eigenvalue weighted by atomic mass is 10.5. The van der Waals surface area contributed by atoms with Gasteiger partial charge in [0.1, 0.15) is 0 Å². The Kier molecular flexibility index (Phi) is 5.35. The van der Waals surface area contributed by atoms with E-state index < -0.39 is 26.0 Å². The van der Waals surface area contributed by atoms with Crippen molar-refractivity contribution in [1.82, 2.24) is 0 Å². The highest BCUT2D eigenvalue weighted by molar-refractivity contribution is 7.53. The third kappa shape index (κ3) is 4.35. The van der Waals surface area contributed by atoms with Crippen LogP contribution in [0.5, 0.6) is 0 Å². The molecule has 98 valence electrons. The molecule has 0 N–H and O–H groups in total. The van der Waals surface area contributed by atoms with Gasteiger partial charge in [-0.25, -0.2) is 4.52 Å². The molecule has 0 spiro atoms. The maximum atomic E-state index is 12.4. The van der Waals surface area contributed by atoms with Crippen molar-refractivity contribution < 1.29 is 35.6 Å². The summed E-state index contributed by atoms with van der Waals surface area (Å²) in [4.78, 5) is 0. The smallest absolute Gasteiger partial charge is 0.308 e. The first-order valence-electron chi connectivity index (χ1n) is 4.47. The Morgan fingerprint density at radius 2 is 1.62 bits per heavy atom. The number of halogens is 5. The van der Waals surface area contributed by atoms with Crippen LogP contribution in [0, 0.1) is 0 Å². The fraction of sp³-hybridized carbons (Fsp3) is 1.00. The average Bonchev–Trinajstić information content (AvgIpc) is 2.12. The highest BCUT2D eigenvalue weighted by Crippen LogP contribution is 2.55. The summed E-state index contributed by atoms with van der Waals surface area (Å²) in [7, 11) is -4.40. The molecule has 0 aliphatic rings. The van der Waals surface area contributed by atoms with Crippen LogP contribution in [0.4, 0.5) is 22.0 Å². The summed E-state index contributed by atoms with van der Waals surface area (Å²) in [6.45, 7) is 2.52. The van der Waals surface area contributed by atoms with Crippen LogP contribution >= 0.6 is 7.60 Å². The summed E-state index contributed by atoms with van der Waals surface area (Å²) in [5, 5.41) is 0. The van der Waals surface area contributed by atoms with Crippen molar-refractivity contribution in [3.63, 3.8) is 0 Å². The Morgan fingerprint density at radius 3 is 1.94 bits per heavy atom. The van der Waals surface area contributed by atoms with E-state index in [0.29, 0.717) is 6.42 Å². The van der Waals surface area contributed by atoms with Gasteiger partial charge in [-0.2, -0.15) is 22.0 Å². The maximum absolute atomic E-state index is 12.4. The lowest BCUT2D eigenvalue weighted by molar-refractivity contribution is -0.363. The number of hydrogen-bond acceptors (Lipinski definition) is 3. The van der Waals surface area contributed by atoms with Gasteiger partial charge in [0.2, 0.25) is 0 Å². The topological polar surface area (TPSA) is 35.5 Å². The molecular formula is C7H12F5O3P. The Morgan fingerprint density at radius 1 is 1.12 bits per heavy atom. The second kappa shape index (κ2) is 5.42. The fourth-order valence-corrected chi connectivity index (χ4v) is 1.92. The molecule has 1 unspecified atom stereocenters. The summed E-state index contributed by atoms with van der Waals surface area (Å²) < 4.78 is 79.3. The Hall–Kier alpha value is -0.200. The van der Waals surface area contributed by atoms with Crippen molar-refractivity contribution in [3.05, 3.63) is 0 Å². The molecule has 0 aliphatic carbocycles. The molecule has 0 aromatic heterocycles. The predicted molar refractivity (Wildman–Crippen MR) is 46.5 cm³/mol. The van der Waals surface area contributed by atoms with Crippen LogP contribution in [-0.2, 0) is 13.6 Å². The van der Waals surface area contributed by atoms with Gasteiger partial charge in [-0.05, 0) is 6.42 Å². The predicted octanol–water partition coefficient (Wildman–Crippen LogP) is 3.80. The number of rotatable bonds is 6. The van der Waals surface area contributed by atoms with Gasteiger partial charge in [0, 0.05) is 6.16 Å². The molecule has 0 bridgehead atoms.